The summed E-state index contributed by atoms with van der Waals surface area (Å²) in [7, 11) is 0. The SMILES string of the molecule is CC(=O)SCC(O)C(O)c1cccc(Cl)c1C=O. The van der Waals surface area contributed by atoms with Crippen molar-refractivity contribution in [2.45, 2.75) is 19.1 Å². The highest BCUT2D eigenvalue weighted by molar-refractivity contribution is 8.13. The number of hydrogen-bond acceptors (Lipinski definition) is 5. The molecule has 0 aliphatic heterocycles. The van der Waals surface area contributed by atoms with Gasteiger partial charge in [0, 0.05) is 18.2 Å². The lowest BCUT2D eigenvalue weighted by molar-refractivity contribution is -0.109. The molecular formula is C12H13ClO4S. The minimum atomic E-state index is -1.25. The first kappa shape index (κ1) is 15.2. The lowest BCUT2D eigenvalue weighted by Crippen LogP contribution is -2.22. The largest absolute Gasteiger partial charge is 0.389 e. The molecule has 0 aromatic heterocycles. The van der Waals surface area contributed by atoms with Gasteiger partial charge in [0.25, 0.3) is 0 Å². The fraction of sp³-hybridized carbons (Fsp3) is 0.333. The van der Waals surface area contributed by atoms with Gasteiger partial charge in [-0.3, -0.25) is 9.59 Å². The molecule has 6 heteroatoms. The number of halogens is 1. The van der Waals surface area contributed by atoms with Crippen molar-refractivity contribution in [3.05, 3.63) is 34.3 Å². The van der Waals surface area contributed by atoms with Crippen LogP contribution in [0, 0.1) is 0 Å². The Morgan fingerprint density at radius 2 is 2.17 bits per heavy atom. The van der Waals surface area contributed by atoms with Crippen LogP contribution >= 0.6 is 23.4 Å². The molecule has 1 aromatic carbocycles. The van der Waals surface area contributed by atoms with Gasteiger partial charge in [-0.15, -0.1) is 0 Å². The maximum atomic E-state index is 10.9. The van der Waals surface area contributed by atoms with Gasteiger partial charge in [-0.2, -0.15) is 0 Å². The zero-order chi connectivity index (χ0) is 13.7. The lowest BCUT2D eigenvalue weighted by Gasteiger charge is -2.19. The summed E-state index contributed by atoms with van der Waals surface area (Å²) in [5.41, 5.74) is 0.410. The van der Waals surface area contributed by atoms with E-state index in [0.29, 0.717) is 6.29 Å². The lowest BCUT2D eigenvalue weighted by atomic mass is 10.00. The molecule has 0 saturated carbocycles. The van der Waals surface area contributed by atoms with E-state index in [2.05, 4.69) is 0 Å². The number of aliphatic hydroxyl groups excluding tert-OH is 2. The van der Waals surface area contributed by atoms with Crippen molar-refractivity contribution in [2.75, 3.05) is 5.75 Å². The van der Waals surface area contributed by atoms with Crippen molar-refractivity contribution < 1.29 is 19.8 Å². The second-order valence-corrected chi connectivity index (χ2v) is 5.28. The molecule has 0 spiro atoms. The molecule has 2 unspecified atom stereocenters. The van der Waals surface area contributed by atoms with Gasteiger partial charge in [0.05, 0.1) is 11.1 Å². The standard InChI is InChI=1S/C12H13ClO4S/c1-7(15)18-6-11(16)12(17)8-3-2-4-10(13)9(8)5-14/h2-5,11-12,16-17H,6H2,1H3. The van der Waals surface area contributed by atoms with Gasteiger partial charge in [0.2, 0.25) is 0 Å². The Balaban J connectivity index is 2.89. The minimum Gasteiger partial charge on any atom is -0.389 e. The highest BCUT2D eigenvalue weighted by atomic mass is 35.5. The zero-order valence-electron chi connectivity index (χ0n) is 9.67. The summed E-state index contributed by atoms with van der Waals surface area (Å²) in [6.45, 7) is 1.38. The van der Waals surface area contributed by atoms with Crippen LogP contribution in [0.2, 0.25) is 5.02 Å². The van der Waals surface area contributed by atoms with E-state index in [1.54, 1.807) is 6.07 Å². The molecule has 0 fully saturated rings. The Bertz CT molecular complexity index is 450. The molecule has 2 N–H and O–H groups in total. The predicted octanol–water partition coefficient (Wildman–Crippen LogP) is 1.83. The maximum absolute atomic E-state index is 10.9. The van der Waals surface area contributed by atoms with Gasteiger partial charge in [-0.1, -0.05) is 35.5 Å². The number of rotatable bonds is 5. The maximum Gasteiger partial charge on any atom is 0.185 e. The van der Waals surface area contributed by atoms with E-state index in [0.717, 1.165) is 11.8 Å². The third-order valence-corrected chi connectivity index (χ3v) is 3.59. The number of benzene rings is 1. The van der Waals surface area contributed by atoms with Crippen molar-refractivity contribution in [1.82, 2.24) is 0 Å². The Morgan fingerprint density at radius 3 is 2.72 bits per heavy atom. The molecule has 0 bridgehead atoms. The molecule has 1 rings (SSSR count). The Kier molecular flexibility index (Phi) is 5.81. The van der Waals surface area contributed by atoms with Crippen LogP contribution in [0.1, 0.15) is 28.9 Å². The molecule has 0 amide bonds. The summed E-state index contributed by atoms with van der Waals surface area (Å²) >= 11 is 6.73. The average Bonchev–Trinajstić information content (AvgIpc) is 2.34. The fourth-order valence-electron chi connectivity index (χ4n) is 1.44. The number of aldehydes is 1. The summed E-state index contributed by atoms with van der Waals surface area (Å²) in [4.78, 5) is 21.7. The van der Waals surface area contributed by atoms with Crippen LogP contribution in [-0.4, -0.2) is 33.5 Å². The van der Waals surface area contributed by atoms with Crippen LogP contribution in [0.15, 0.2) is 18.2 Å². The summed E-state index contributed by atoms with van der Waals surface area (Å²) in [6.07, 6.45) is -1.86. The molecule has 98 valence electrons. The van der Waals surface area contributed by atoms with Crippen LogP contribution in [0.4, 0.5) is 0 Å². The molecule has 1 aromatic rings. The zero-order valence-corrected chi connectivity index (χ0v) is 11.2. The first-order chi connectivity index (χ1) is 8.47. The Morgan fingerprint density at radius 1 is 1.50 bits per heavy atom. The number of aliphatic hydroxyl groups is 2. The molecule has 0 aliphatic carbocycles. The quantitative estimate of drug-likeness (QED) is 0.809. The smallest absolute Gasteiger partial charge is 0.185 e. The minimum absolute atomic E-state index is 0.0569. The third-order valence-electron chi connectivity index (χ3n) is 2.34. The number of hydrogen-bond donors (Lipinski definition) is 2. The van der Waals surface area contributed by atoms with Crippen LogP contribution in [0.25, 0.3) is 0 Å². The third kappa shape index (κ3) is 3.81. The van der Waals surface area contributed by atoms with Gasteiger partial charge < -0.3 is 10.2 Å². The van der Waals surface area contributed by atoms with Crippen molar-refractivity contribution in [3.63, 3.8) is 0 Å². The van der Waals surface area contributed by atoms with Gasteiger partial charge >= 0.3 is 0 Å². The number of carbonyl (C=O) groups is 2. The second-order valence-electron chi connectivity index (χ2n) is 3.68. The van der Waals surface area contributed by atoms with E-state index in [-0.39, 0.29) is 27.0 Å². The first-order valence-corrected chi connectivity index (χ1v) is 6.56. The highest BCUT2D eigenvalue weighted by Gasteiger charge is 2.22. The Labute approximate surface area is 114 Å². The average molecular weight is 289 g/mol. The van der Waals surface area contributed by atoms with Crippen molar-refractivity contribution in [3.8, 4) is 0 Å². The molecule has 4 nitrogen and oxygen atoms in total. The summed E-state index contributed by atoms with van der Waals surface area (Å²) in [5.74, 6) is 0.0569. The van der Waals surface area contributed by atoms with E-state index in [1.807, 2.05) is 0 Å². The first-order valence-electron chi connectivity index (χ1n) is 5.20. The van der Waals surface area contributed by atoms with Crippen molar-refractivity contribution in [2.24, 2.45) is 0 Å². The summed E-state index contributed by atoms with van der Waals surface area (Å²) in [6, 6.07) is 4.62. The van der Waals surface area contributed by atoms with E-state index >= 15 is 0 Å². The molecule has 0 radical (unpaired) electrons. The molecule has 0 heterocycles. The molecule has 18 heavy (non-hydrogen) atoms. The Hall–Kier alpha value is -0.880. The fourth-order valence-corrected chi connectivity index (χ4v) is 2.25. The van der Waals surface area contributed by atoms with Crippen LogP contribution in [0.5, 0.6) is 0 Å². The monoisotopic (exact) mass is 288 g/mol. The second kappa shape index (κ2) is 6.89. The van der Waals surface area contributed by atoms with Gasteiger partial charge in [-0.05, 0) is 11.6 Å². The summed E-state index contributed by atoms with van der Waals surface area (Å²) < 4.78 is 0. The van der Waals surface area contributed by atoms with Crippen LogP contribution in [0.3, 0.4) is 0 Å². The van der Waals surface area contributed by atoms with E-state index in [9.17, 15) is 19.8 Å². The molecule has 0 aliphatic rings. The normalized spacial score (nSPS) is 14.0. The van der Waals surface area contributed by atoms with Crippen LogP contribution < -0.4 is 0 Å². The van der Waals surface area contributed by atoms with Crippen molar-refractivity contribution >= 4 is 34.8 Å². The molecule has 2 atom stereocenters. The molecule has 0 saturated heterocycles. The topological polar surface area (TPSA) is 74.6 Å². The van der Waals surface area contributed by atoms with Gasteiger partial charge in [0.1, 0.15) is 6.10 Å². The predicted molar refractivity (Wildman–Crippen MR) is 70.9 cm³/mol. The van der Waals surface area contributed by atoms with Gasteiger partial charge in [-0.25, -0.2) is 0 Å². The number of thioether (sulfide) groups is 1. The summed E-state index contributed by atoms with van der Waals surface area (Å²) in [5, 5.41) is 19.8. The van der Waals surface area contributed by atoms with Gasteiger partial charge in [0.15, 0.2) is 11.4 Å². The highest BCUT2D eigenvalue weighted by Crippen LogP contribution is 2.27. The van der Waals surface area contributed by atoms with Crippen molar-refractivity contribution in [1.29, 1.82) is 0 Å². The number of carbonyl (C=O) groups excluding carboxylic acids is 2. The van der Waals surface area contributed by atoms with E-state index < -0.39 is 12.2 Å². The van der Waals surface area contributed by atoms with E-state index in [1.165, 1.54) is 19.1 Å². The van der Waals surface area contributed by atoms with Crippen LogP contribution in [-0.2, 0) is 4.79 Å². The van der Waals surface area contributed by atoms with E-state index in [4.69, 9.17) is 11.6 Å². The molecular weight excluding hydrogens is 276 g/mol.